The number of hydrogen-bond acceptors (Lipinski definition) is 1. The summed E-state index contributed by atoms with van der Waals surface area (Å²) < 4.78 is 14.7. The van der Waals surface area contributed by atoms with Crippen molar-refractivity contribution in [2.24, 2.45) is 0 Å². The minimum atomic E-state index is -0.557. The summed E-state index contributed by atoms with van der Waals surface area (Å²) >= 11 is 17.2. The summed E-state index contributed by atoms with van der Waals surface area (Å²) in [5.41, 5.74) is 1.42. The maximum absolute atomic E-state index is 13.7. The van der Waals surface area contributed by atoms with Crippen molar-refractivity contribution >= 4 is 50.5 Å². The van der Waals surface area contributed by atoms with E-state index in [2.05, 4.69) is 15.9 Å². The number of halogens is 4. The van der Waals surface area contributed by atoms with E-state index in [0.29, 0.717) is 10.6 Å². The summed E-state index contributed by atoms with van der Waals surface area (Å²) in [5, 5.41) is -0.203. The zero-order valence-electron chi connectivity index (χ0n) is 8.81. The van der Waals surface area contributed by atoms with Crippen LogP contribution in [0.15, 0.2) is 28.1 Å². The van der Waals surface area contributed by atoms with Crippen molar-refractivity contribution < 1.29 is 4.39 Å². The van der Waals surface area contributed by atoms with Crippen LogP contribution in [0, 0.1) is 12.7 Å². The third-order valence-electron chi connectivity index (χ3n) is 2.38. The molecule has 0 radical (unpaired) electrons. The van der Waals surface area contributed by atoms with Gasteiger partial charge in [0.1, 0.15) is 5.82 Å². The van der Waals surface area contributed by atoms with E-state index < -0.39 is 5.38 Å². The number of hydrogen-bond donors (Lipinski definition) is 0. The van der Waals surface area contributed by atoms with Crippen molar-refractivity contribution in [1.82, 2.24) is 0 Å². The molecule has 1 aromatic carbocycles. The third kappa shape index (κ3) is 2.68. The van der Waals surface area contributed by atoms with Gasteiger partial charge in [-0.2, -0.15) is 0 Å². The molecular weight excluding hydrogens is 346 g/mol. The minimum Gasteiger partial charge on any atom is -0.207 e. The summed E-state index contributed by atoms with van der Waals surface area (Å²) in [6.45, 7) is 1.97. The molecule has 1 aromatic heterocycles. The normalized spacial score (nSPS) is 12.8. The van der Waals surface area contributed by atoms with Crippen molar-refractivity contribution in [3.05, 3.63) is 54.9 Å². The molecule has 0 aliphatic rings. The molecule has 0 bridgehead atoms. The molecule has 1 unspecified atom stereocenters. The molecule has 2 aromatic rings. The Morgan fingerprint density at radius 3 is 2.65 bits per heavy atom. The van der Waals surface area contributed by atoms with Crippen LogP contribution in [0.1, 0.15) is 21.4 Å². The van der Waals surface area contributed by atoms with Gasteiger partial charge >= 0.3 is 0 Å². The van der Waals surface area contributed by atoms with E-state index in [1.807, 2.05) is 13.0 Å². The van der Waals surface area contributed by atoms with Gasteiger partial charge in [-0.15, -0.1) is 22.9 Å². The lowest BCUT2D eigenvalue weighted by Crippen LogP contribution is -1.96. The molecular formula is C12H8BrCl2FS. The number of benzene rings is 1. The van der Waals surface area contributed by atoms with Crippen molar-refractivity contribution in [3.63, 3.8) is 0 Å². The van der Waals surface area contributed by atoms with Crippen LogP contribution >= 0.6 is 50.5 Å². The number of alkyl halides is 1. The lowest BCUT2D eigenvalue weighted by Gasteiger charge is -2.10. The fourth-order valence-corrected chi connectivity index (χ4v) is 3.81. The maximum atomic E-state index is 13.7. The second kappa shape index (κ2) is 5.27. The van der Waals surface area contributed by atoms with Crippen LogP contribution in [-0.2, 0) is 0 Å². The van der Waals surface area contributed by atoms with Gasteiger partial charge in [0.2, 0.25) is 0 Å². The van der Waals surface area contributed by atoms with Crippen molar-refractivity contribution in [2.75, 3.05) is 0 Å². The van der Waals surface area contributed by atoms with E-state index in [9.17, 15) is 4.39 Å². The highest BCUT2D eigenvalue weighted by Crippen LogP contribution is 2.41. The van der Waals surface area contributed by atoms with Gasteiger partial charge in [-0.25, -0.2) is 4.39 Å². The molecule has 0 nitrogen and oxygen atoms in total. The Hall–Kier alpha value is -0.0900. The standard InChI is InChI=1S/C12H8BrCl2FS/c1-6-5-9(17-12(6)13)11(15)10-7(14)3-2-4-8(10)16/h2-5,11H,1H3. The average molecular weight is 354 g/mol. The topological polar surface area (TPSA) is 0 Å². The third-order valence-corrected chi connectivity index (χ3v) is 5.49. The zero-order valence-corrected chi connectivity index (χ0v) is 12.7. The molecule has 0 aliphatic heterocycles. The second-order valence-corrected chi connectivity index (χ2v) is 6.85. The number of thiophene rings is 1. The summed E-state index contributed by atoms with van der Waals surface area (Å²) in [6, 6.07) is 6.52. The Balaban J connectivity index is 2.47. The van der Waals surface area contributed by atoms with E-state index in [1.165, 1.54) is 17.4 Å². The molecule has 0 spiro atoms. The fraction of sp³-hybridized carbons (Fsp3) is 0.167. The molecule has 2 rings (SSSR count). The van der Waals surface area contributed by atoms with Gasteiger partial charge in [0.15, 0.2) is 0 Å². The largest absolute Gasteiger partial charge is 0.207 e. The predicted octanol–water partition coefficient (Wildman–Crippen LogP) is 5.94. The first kappa shape index (κ1) is 13.3. The van der Waals surface area contributed by atoms with Crippen molar-refractivity contribution in [2.45, 2.75) is 12.3 Å². The van der Waals surface area contributed by atoms with E-state index >= 15 is 0 Å². The van der Waals surface area contributed by atoms with E-state index in [-0.39, 0.29) is 5.82 Å². The van der Waals surface area contributed by atoms with Crippen LogP contribution < -0.4 is 0 Å². The van der Waals surface area contributed by atoms with Gasteiger partial charge in [-0.3, -0.25) is 0 Å². The Morgan fingerprint density at radius 1 is 1.41 bits per heavy atom. The molecule has 5 heteroatoms. The van der Waals surface area contributed by atoms with Crippen LogP contribution in [0.5, 0.6) is 0 Å². The SMILES string of the molecule is Cc1cc(C(Cl)c2c(F)cccc2Cl)sc1Br. The predicted molar refractivity (Wildman–Crippen MR) is 75.9 cm³/mol. The molecule has 0 N–H and O–H groups in total. The van der Waals surface area contributed by atoms with Crippen molar-refractivity contribution in [3.8, 4) is 0 Å². The molecule has 0 aliphatic carbocycles. The zero-order chi connectivity index (χ0) is 12.6. The van der Waals surface area contributed by atoms with Gasteiger partial charge in [0, 0.05) is 15.5 Å². The molecule has 1 heterocycles. The highest BCUT2D eigenvalue weighted by molar-refractivity contribution is 9.11. The maximum Gasteiger partial charge on any atom is 0.129 e. The van der Waals surface area contributed by atoms with Crippen LogP contribution in [-0.4, -0.2) is 0 Å². The molecule has 90 valence electrons. The van der Waals surface area contributed by atoms with Crippen molar-refractivity contribution in [1.29, 1.82) is 0 Å². The smallest absolute Gasteiger partial charge is 0.129 e. The van der Waals surface area contributed by atoms with Crippen LogP contribution in [0.25, 0.3) is 0 Å². The van der Waals surface area contributed by atoms with Crippen LogP contribution in [0.2, 0.25) is 5.02 Å². The summed E-state index contributed by atoms with van der Waals surface area (Å²) in [6.07, 6.45) is 0. The summed E-state index contributed by atoms with van der Waals surface area (Å²) in [5.74, 6) is -0.375. The Bertz CT molecular complexity index is 514. The van der Waals surface area contributed by atoms with Gasteiger partial charge in [0.05, 0.1) is 9.16 Å². The van der Waals surface area contributed by atoms with E-state index in [1.54, 1.807) is 12.1 Å². The van der Waals surface area contributed by atoms with Crippen LogP contribution in [0.3, 0.4) is 0 Å². The fourth-order valence-electron chi connectivity index (χ4n) is 1.50. The van der Waals surface area contributed by atoms with Crippen LogP contribution in [0.4, 0.5) is 4.39 Å². The summed E-state index contributed by atoms with van der Waals surface area (Å²) in [4.78, 5) is 0.878. The first-order valence-corrected chi connectivity index (χ1v) is 7.27. The first-order valence-electron chi connectivity index (χ1n) is 4.84. The average Bonchev–Trinajstić information content (AvgIpc) is 2.59. The lowest BCUT2D eigenvalue weighted by atomic mass is 10.1. The quantitative estimate of drug-likeness (QED) is 0.586. The lowest BCUT2D eigenvalue weighted by molar-refractivity contribution is 0.613. The minimum absolute atomic E-state index is 0.338. The Kier molecular flexibility index (Phi) is 4.14. The van der Waals surface area contributed by atoms with E-state index in [0.717, 1.165) is 14.2 Å². The van der Waals surface area contributed by atoms with Gasteiger partial charge in [-0.05, 0) is 46.6 Å². The van der Waals surface area contributed by atoms with Gasteiger partial charge < -0.3 is 0 Å². The molecule has 17 heavy (non-hydrogen) atoms. The molecule has 0 saturated heterocycles. The molecule has 0 amide bonds. The molecule has 0 fully saturated rings. The molecule has 1 atom stereocenters. The Morgan fingerprint density at radius 2 is 2.12 bits per heavy atom. The highest BCUT2D eigenvalue weighted by Gasteiger charge is 2.20. The second-order valence-electron chi connectivity index (χ2n) is 3.60. The summed E-state index contributed by atoms with van der Waals surface area (Å²) in [7, 11) is 0. The highest BCUT2D eigenvalue weighted by atomic mass is 79.9. The monoisotopic (exact) mass is 352 g/mol. The molecule has 0 saturated carbocycles. The first-order chi connectivity index (χ1) is 8.00. The number of aryl methyl sites for hydroxylation is 1. The Labute approximate surface area is 121 Å². The van der Waals surface area contributed by atoms with E-state index in [4.69, 9.17) is 23.2 Å². The number of rotatable bonds is 2. The van der Waals surface area contributed by atoms with Gasteiger partial charge in [0.25, 0.3) is 0 Å². The van der Waals surface area contributed by atoms with Gasteiger partial charge in [-0.1, -0.05) is 17.7 Å².